The molecule has 5 rings (SSSR count). The Labute approximate surface area is 314 Å². The SMILES string of the molecule is CC(=O)c1cccc(C[S+](C)C)c1.Fc1c(F)c(F)c([B-](c2c(F)c(F)c(F)c(F)c2F)(c2c(F)c(F)c(F)c(F)c2F)c2c(F)c(F)c(F)c(F)c2F)c(F)c1F. The van der Waals surface area contributed by atoms with Gasteiger partial charge in [-0.3, -0.25) is 4.79 Å². The zero-order valence-electron chi connectivity index (χ0n) is 28.5. The maximum Gasteiger partial charge on any atom is 0.200 e. The lowest BCUT2D eigenvalue weighted by molar-refractivity contribution is 0.101. The monoisotopic (exact) mass is 874 g/mol. The van der Waals surface area contributed by atoms with E-state index in [9.17, 15) is 57.5 Å². The summed E-state index contributed by atoms with van der Waals surface area (Å²) >= 11 is 0. The molecule has 5 aromatic rings. The minimum atomic E-state index is -7.22. The zero-order chi connectivity index (χ0) is 44.2. The number of carbonyl (C=O) groups excluding carboxylic acids is 1. The van der Waals surface area contributed by atoms with Crippen LogP contribution in [0.5, 0.6) is 0 Å². The number of hydrogen-bond donors (Lipinski definition) is 0. The molecule has 0 N–H and O–H groups in total. The Bertz CT molecular complexity index is 2120. The highest BCUT2D eigenvalue weighted by Gasteiger charge is 2.52. The lowest BCUT2D eigenvalue weighted by Crippen LogP contribution is -2.81. The van der Waals surface area contributed by atoms with E-state index in [1.807, 2.05) is 18.2 Å². The van der Waals surface area contributed by atoms with Gasteiger partial charge in [-0.2, -0.15) is 0 Å². The third-order valence-electron chi connectivity index (χ3n) is 8.50. The molecule has 23 heteroatoms. The number of carbonyl (C=O) groups is 1. The molecule has 0 aliphatic rings. The first kappa shape index (κ1) is 45.5. The van der Waals surface area contributed by atoms with E-state index < -0.39 is 144 Å². The largest absolute Gasteiger partial charge is 0.295 e. The lowest BCUT2D eigenvalue weighted by Gasteiger charge is -2.44. The fourth-order valence-corrected chi connectivity index (χ4v) is 6.93. The average Bonchev–Trinajstić information content (AvgIpc) is 3.17. The molecule has 310 valence electrons. The van der Waals surface area contributed by atoms with Gasteiger partial charge >= 0.3 is 0 Å². The molecule has 0 atom stereocenters. The van der Waals surface area contributed by atoms with Crippen LogP contribution in [0.1, 0.15) is 22.8 Å². The van der Waals surface area contributed by atoms with Crippen LogP contribution in [0.15, 0.2) is 24.3 Å². The Morgan fingerprint density at radius 1 is 0.414 bits per heavy atom. The third kappa shape index (κ3) is 7.14. The van der Waals surface area contributed by atoms with Gasteiger partial charge in [0.25, 0.3) is 0 Å². The summed E-state index contributed by atoms with van der Waals surface area (Å²) in [6.45, 7) is 1.61. The van der Waals surface area contributed by atoms with Gasteiger partial charge in [0, 0.05) is 11.1 Å². The summed E-state index contributed by atoms with van der Waals surface area (Å²) in [5.41, 5.74) is -12.2. The summed E-state index contributed by atoms with van der Waals surface area (Å²) in [7, 11) is 0.401. The number of halogens is 20. The summed E-state index contributed by atoms with van der Waals surface area (Å²) in [5.74, 6) is -70.2. The quantitative estimate of drug-likeness (QED) is 0.0404. The molecular formula is C35H15BF20OS. The molecule has 0 saturated carbocycles. The number of rotatable bonds is 7. The molecule has 0 spiro atoms. The van der Waals surface area contributed by atoms with Crippen LogP contribution in [-0.4, -0.2) is 24.4 Å². The topological polar surface area (TPSA) is 17.1 Å². The molecule has 0 heterocycles. The van der Waals surface area contributed by atoms with E-state index in [4.69, 9.17) is 0 Å². The van der Waals surface area contributed by atoms with Gasteiger partial charge in [-0.1, -0.05) is 18.2 Å². The Kier molecular flexibility index (Phi) is 13.0. The molecule has 0 saturated heterocycles. The highest BCUT2D eigenvalue weighted by Crippen LogP contribution is 2.30. The molecule has 1 nitrogen and oxygen atoms in total. The molecule has 0 amide bonds. The van der Waals surface area contributed by atoms with Gasteiger partial charge in [-0.05, 0) is 23.9 Å². The van der Waals surface area contributed by atoms with Crippen molar-refractivity contribution < 1.29 is 92.6 Å². The summed E-state index contributed by atoms with van der Waals surface area (Å²) in [5, 5.41) is 0. The second kappa shape index (κ2) is 16.6. The maximum absolute atomic E-state index is 15.4. The predicted octanol–water partition coefficient (Wildman–Crippen LogP) is 8.11. The maximum atomic E-state index is 15.4. The van der Waals surface area contributed by atoms with Crippen molar-refractivity contribution in [1.82, 2.24) is 0 Å². The van der Waals surface area contributed by atoms with Gasteiger partial charge in [0.1, 0.15) is 58.4 Å². The van der Waals surface area contributed by atoms with Crippen LogP contribution in [0, 0.1) is 116 Å². The van der Waals surface area contributed by atoms with E-state index in [1.165, 1.54) is 5.56 Å². The fourth-order valence-electron chi connectivity index (χ4n) is 6.09. The van der Waals surface area contributed by atoms with Crippen molar-refractivity contribution in [3.63, 3.8) is 0 Å². The Balaban J connectivity index is 0.000000486. The van der Waals surface area contributed by atoms with Crippen LogP contribution >= 0.6 is 0 Å². The number of benzene rings is 5. The van der Waals surface area contributed by atoms with Crippen LogP contribution < -0.4 is 21.9 Å². The normalized spacial score (nSPS) is 11.7. The molecule has 0 unspecified atom stereocenters. The first-order valence-electron chi connectivity index (χ1n) is 15.2. The van der Waals surface area contributed by atoms with Crippen LogP contribution in [0.2, 0.25) is 0 Å². The van der Waals surface area contributed by atoms with Crippen molar-refractivity contribution in [3.05, 3.63) is 152 Å². The fraction of sp³-hybridized carbons (Fsp3) is 0.114. The van der Waals surface area contributed by atoms with Gasteiger partial charge in [0.2, 0.25) is 0 Å². The standard InChI is InChI=1S/C24BF20.C11H15OS/c26-5-1(6(27)14(35)21(42)13(5)34)25(2-7(28)15(36)22(43)16(37)8(2)29,3-9(30)17(38)23(44)18(39)10(3)31)4-11(32)19(40)24(45)20(41)12(4)33;1-9(12)11-6-4-5-10(7-11)8-13(2)3/h;4-7H,8H2,1-3H3/q-1;+1. The molecular weight excluding hydrogens is 859 g/mol. The zero-order valence-corrected chi connectivity index (χ0v) is 29.3. The van der Waals surface area contributed by atoms with E-state index in [0.29, 0.717) is 10.9 Å². The van der Waals surface area contributed by atoms with Crippen molar-refractivity contribution in [2.75, 3.05) is 12.5 Å². The Morgan fingerprint density at radius 3 is 0.845 bits per heavy atom. The summed E-state index contributed by atoms with van der Waals surface area (Å²) < 4.78 is 294. The summed E-state index contributed by atoms with van der Waals surface area (Å²) in [6, 6.07) is 7.91. The summed E-state index contributed by atoms with van der Waals surface area (Å²) in [4.78, 5) is 11.1. The average molecular weight is 874 g/mol. The first-order chi connectivity index (χ1) is 26.8. The van der Waals surface area contributed by atoms with E-state index in [2.05, 4.69) is 18.6 Å². The van der Waals surface area contributed by atoms with Gasteiger partial charge in [0.15, 0.2) is 75.6 Å². The minimum absolute atomic E-state index is 0.147. The minimum Gasteiger partial charge on any atom is -0.295 e. The van der Waals surface area contributed by atoms with Crippen molar-refractivity contribution in [3.8, 4) is 0 Å². The van der Waals surface area contributed by atoms with Crippen LogP contribution in [-0.2, 0) is 16.6 Å². The first-order valence-corrected chi connectivity index (χ1v) is 17.4. The molecule has 0 fully saturated rings. The number of ketones is 1. The van der Waals surface area contributed by atoms with Crippen molar-refractivity contribution in [2.45, 2.75) is 12.7 Å². The highest BCUT2D eigenvalue weighted by molar-refractivity contribution is 7.94. The van der Waals surface area contributed by atoms with E-state index in [0.717, 1.165) is 11.3 Å². The van der Waals surface area contributed by atoms with Crippen molar-refractivity contribution in [2.24, 2.45) is 0 Å². The van der Waals surface area contributed by atoms with Gasteiger partial charge < -0.3 is 0 Å². The van der Waals surface area contributed by atoms with Gasteiger partial charge in [-0.25, -0.2) is 87.8 Å². The number of Topliss-reactive ketones (excluding diaryl/α,β-unsaturated/α-hetero) is 1. The molecule has 5 aromatic carbocycles. The molecule has 0 radical (unpaired) electrons. The van der Waals surface area contributed by atoms with Gasteiger partial charge in [-0.15, -0.1) is 21.9 Å². The highest BCUT2D eigenvalue weighted by atomic mass is 32.2. The van der Waals surface area contributed by atoms with E-state index >= 15 is 35.1 Å². The van der Waals surface area contributed by atoms with Crippen LogP contribution in [0.4, 0.5) is 87.8 Å². The molecule has 58 heavy (non-hydrogen) atoms. The van der Waals surface area contributed by atoms with E-state index in [-0.39, 0.29) is 5.78 Å². The van der Waals surface area contributed by atoms with Gasteiger partial charge in [0.05, 0.1) is 12.5 Å². The molecule has 0 aromatic heterocycles. The molecule has 0 aliphatic heterocycles. The second-order valence-corrected chi connectivity index (χ2v) is 14.4. The lowest BCUT2D eigenvalue weighted by atomic mass is 9.12. The molecule has 0 aliphatic carbocycles. The van der Waals surface area contributed by atoms with Crippen molar-refractivity contribution in [1.29, 1.82) is 0 Å². The number of hydrogen-bond acceptors (Lipinski definition) is 1. The van der Waals surface area contributed by atoms with Crippen molar-refractivity contribution >= 4 is 44.7 Å². The van der Waals surface area contributed by atoms with Crippen LogP contribution in [0.3, 0.4) is 0 Å². The molecule has 0 bridgehead atoms. The second-order valence-electron chi connectivity index (χ2n) is 12.2. The Hall–Kier alpha value is -5.22. The van der Waals surface area contributed by atoms with E-state index in [1.54, 1.807) is 6.92 Å². The summed E-state index contributed by atoms with van der Waals surface area (Å²) in [6.07, 6.45) is -2.80. The third-order valence-corrected chi connectivity index (χ3v) is 9.41. The Morgan fingerprint density at radius 2 is 0.638 bits per heavy atom. The predicted molar refractivity (Wildman–Crippen MR) is 169 cm³/mol. The van der Waals surface area contributed by atoms with Crippen LogP contribution in [0.25, 0.3) is 0 Å². The smallest absolute Gasteiger partial charge is 0.200 e.